The van der Waals surface area contributed by atoms with Crippen LogP contribution in [0.3, 0.4) is 0 Å². The highest BCUT2D eigenvalue weighted by molar-refractivity contribution is 7.18. The third kappa shape index (κ3) is 3.59. The molecule has 1 aliphatic heterocycles. The summed E-state index contributed by atoms with van der Waals surface area (Å²) < 4.78 is 2.89. The van der Waals surface area contributed by atoms with Crippen molar-refractivity contribution < 1.29 is 0 Å². The van der Waals surface area contributed by atoms with Crippen LogP contribution in [0.1, 0.15) is 16.3 Å². The third-order valence-corrected chi connectivity index (χ3v) is 5.85. The van der Waals surface area contributed by atoms with Crippen molar-refractivity contribution in [3.8, 4) is 0 Å². The number of hydrogen-bond donors (Lipinski definition) is 1. The fourth-order valence-corrected chi connectivity index (χ4v) is 4.49. The topological polar surface area (TPSA) is 53.9 Å². The van der Waals surface area contributed by atoms with Crippen molar-refractivity contribution in [1.29, 1.82) is 0 Å². The average Bonchev–Trinajstić information content (AvgIpc) is 3.21. The molecule has 0 atom stereocenters. The van der Waals surface area contributed by atoms with Crippen molar-refractivity contribution in [2.45, 2.75) is 26.1 Å². The third-order valence-electron chi connectivity index (χ3n) is 4.83. The van der Waals surface area contributed by atoms with Gasteiger partial charge in [-0.1, -0.05) is 43.5 Å². The molecule has 0 fully saturated rings. The normalized spacial score (nSPS) is 15.0. The Bertz CT molecular complexity index is 1050. The van der Waals surface area contributed by atoms with Gasteiger partial charge in [-0.05, 0) is 24.1 Å². The zero-order valence-corrected chi connectivity index (χ0v) is 16.0. The molecule has 0 aliphatic carbocycles. The maximum atomic E-state index is 12.7. The summed E-state index contributed by atoms with van der Waals surface area (Å²) in [5.41, 5.74) is 3.99. The smallest absolute Gasteiger partial charge is 0.270 e. The van der Waals surface area contributed by atoms with Crippen molar-refractivity contribution in [1.82, 2.24) is 19.7 Å². The maximum Gasteiger partial charge on any atom is 0.270 e. The minimum absolute atomic E-state index is 0.0708. The molecule has 5 nitrogen and oxygen atoms in total. The molecule has 1 aliphatic rings. The van der Waals surface area contributed by atoms with Crippen LogP contribution in [0.25, 0.3) is 10.2 Å². The molecule has 0 spiro atoms. The van der Waals surface area contributed by atoms with Gasteiger partial charge in [0.2, 0.25) is 0 Å². The van der Waals surface area contributed by atoms with Gasteiger partial charge in [-0.2, -0.15) is 0 Å². The Kier molecular flexibility index (Phi) is 4.92. The van der Waals surface area contributed by atoms with Crippen molar-refractivity contribution in [3.63, 3.8) is 0 Å². The molecule has 3 aromatic rings. The number of nitrogens with one attached hydrogen (secondary N) is 1. The first-order valence-electron chi connectivity index (χ1n) is 8.99. The van der Waals surface area contributed by atoms with Crippen LogP contribution in [0.15, 0.2) is 66.0 Å². The van der Waals surface area contributed by atoms with E-state index in [-0.39, 0.29) is 5.56 Å². The van der Waals surface area contributed by atoms with E-state index in [2.05, 4.69) is 35.3 Å². The minimum atomic E-state index is 0.0708. The molecular formula is C21H22N4OS. The summed E-state index contributed by atoms with van der Waals surface area (Å²) in [5, 5.41) is 4.41. The molecular weight excluding hydrogens is 356 g/mol. The van der Waals surface area contributed by atoms with Gasteiger partial charge in [0.15, 0.2) is 0 Å². The van der Waals surface area contributed by atoms with Crippen LogP contribution in [0, 0.1) is 0 Å². The molecule has 2 aromatic heterocycles. The largest absolute Gasteiger partial charge is 0.298 e. The fourth-order valence-electron chi connectivity index (χ4n) is 3.48. The standard InChI is InChI=1S/C21H22N4OS/c1-3-7-15(4-2)12-25-21(26)16-10-11-24(13-18(16)23-25)14-20-22-17-8-5-6-9-19(17)27-20/h3-9,23H,1-2,10-14H2/b15-7+. The van der Waals surface area contributed by atoms with Crippen LogP contribution < -0.4 is 5.56 Å². The highest BCUT2D eigenvalue weighted by Gasteiger charge is 2.23. The zero-order valence-electron chi connectivity index (χ0n) is 15.1. The Morgan fingerprint density at radius 2 is 2.19 bits per heavy atom. The average molecular weight is 379 g/mol. The van der Waals surface area contributed by atoms with Gasteiger partial charge in [0.25, 0.3) is 5.56 Å². The number of nitrogens with zero attached hydrogens (tertiary/aromatic N) is 3. The minimum Gasteiger partial charge on any atom is -0.298 e. The quantitative estimate of drug-likeness (QED) is 0.666. The van der Waals surface area contributed by atoms with E-state index in [0.717, 1.165) is 53.4 Å². The van der Waals surface area contributed by atoms with Crippen molar-refractivity contribution in [2.24, 2.45) is 0 Å². The van der Waals surface area contributed by atoms with E-state index in [1.54, 1.807) is 28.2 Å². The van der Waals surface area contributed by atoms with Gasteiger partial charge >= 0.3 is 0 Å². The lowest BCUT2D eigenvalue weighted by Crippen LogP contribution is -2.31. The number of hydrogen-bond acceptors (Lipinski definition) is 4. The molecule has 138 valence electrons. The molecule has 0 unspecified atom stereocenters. The summed E-state index contributed by atoms with van der Waals surface area (Å²) in [4.78, 5) is 19.7. The Balaban J connectivity index is 1.52. The van der Waals surface area contributed by atoms with E-state index in [4.69, 9.17) is 4.98 Å². The molecule has 3 heterocycles. The Morgan fingerprint density at radius 3 is 2.96 bits per heavy atom. The summed E-state index contributed by atoms with van der Waals surface area (Å²) >= 11 is 1.74. The van der Waals surface area contributed by atoms with E-state index in [1.807, 2.05) is 18.2 Å². The fraction of sp³-hybridized carbons (Fsp3) is 0.238. The van der Waals surface area contributed by atoms with Crippen LogP contribution in [0.5, 0.6) is 0 Å². The van der Waals surface area contributed by atoms with Crippen LogP contribution in [-0.4, -0.2) is 26.2 Å². The van der Waals surface area contributed by atoms with Gasteiger partial charge in [0, 0.05) is 18.7 Å². The second-order valence-electron chi connectivity index (χ2n) is 6.68. The lowest BCUT2D eigenvalue weighted by atomic mass is 10.1. The second kappa shape index (κ2) is 7.50. The number of thiazole rings is 1. The van der Waals surface area contributed by atoms with Gasteiger partial charge in [0.05, 0.1) is 29.0 Å². The Hall–Kier alpha value is -2.70. The van der Waals surface area contributed by atoms with E-state index < -0.39 is 0 Å². The molecule has 4 rings (SSSR count). The molecule has 0 amide bonds. The number of rotatable bonds is 6. The summed E-state index contributed by atoms with van der Waals surface area (Å²) in [7, 11) is 0. The SMILES string of the molecule is C=C/C=C(\C=C)Cn1[nH]c2c(c1=O)CCN(Cc1nc3ccccc3s1)C2. The van der Waals surface area contributed by atoms with Crippen LogP contribution >= 0.6 is 11.3 Å². The van der Waals surface area contributed by atoms with Gasteiger partial charge in [0.1, 0.15) is 5.01 Å². The number of aromatic amines is 1. The molecule has 1 aromatic carbocycles. The summed E-state index contributed by atoms with van der Waals surface area (Å²) in [6.07, 6.45) is 6.11. The zero-order chi connectivity index (χ0) is 18.8. The number of aromatic nitrogens is 3. The molecule has 0 saturated carbocycles. The van der Waals surface area contributed by atoms with Gasteiger partial charge in [-0.25, -0.2) is 9.67 Å². The van der Waals surface area contributed by atoms with E-state index in [9.17, 15) is 4.79 Å². The molecule has 0 saturated heterocycles. The van der Waals surface area contributed by atoms with E-state index in [0.29, 0.717) is 6.54 Å². The number of para-hydroxylation sites is 1. The number of benzene rings is 1. The van der Waals surface area contributed by atoms with Gasteiger partial charge in [-0.3, -0.25) is 14.8 Å². The lowest BCUT2D eigenvalue weighted by molar-refractivity contribution is 0.242. The van der Waals surface area contributed by atoms with Crippen molar-refractivity contribution >= 4 is 21.6 Å². The van der Waals surface area contributed by atoms with E-state index in [1.165, 1.54) is 4.70 Å². The molecule has 0 bridgehead atoms. The molecule has 1 N–H and O–H groups in total. The lowest BCUT2D eigenvalue weighted by Gasteiger charge is -2.24. The highest BCUT2D eigenvalue weighted by Crippen LogP contribution is 2.24. The van der Waals surface area contributed by atoms with Crippen molar-refractivity contribution in [3.05, 3.63) is 87.8 Å². The summed E-state index contributed by atoms with van der Waals surface area (Å²) in [5.74, 6) is 0. The van der Waals surface area contributed by atoms with Crippen LogP contribution in [-0.2, 0) is 26.1 Å². The van der Waals surface area contributed by atoms with Crippen LogP contribution in [0.4, 0.5) is 0 Å². The Labute approximate surface area is 161 Å². The first-order valence-corrected chi connectivity index (χ1v) is 9.81. The number of H-pyrrole nitrogens is 1. The first kappa shape index (κ1) is 17.7. The van der Waals surface area contributed by atoms with Gasteiger partial charge in [-0.15, -0.1) is 11.3 Å². The second-order valence-corrected chi connectivity index (χ2v) is 7.79. The maximum absolute atomic E-state index is 12.7. The highest BCUT2D eigenvalue weighted by atomic mass is 32.1. The van der Waals surface area contributed by atoms with Crippen LogP contribution in [0.2, 0.25) is 0 Å². The summed E-state index contributed by atoms with van der Waals surface area (Å²) in [6.45, 7) is 10.4. The molecule has 6 heteroatoms. The molecule has 0 radical (unpaired) electrons. The molecule has 27 heavy (non-hydrogen) atoms. The number of fused-ring (bicyclic) bond motifs is 2. The van der Waals surface area contributed by atoms with E-state index >= 15 is 0 Å². The van der Waals surface area contributed by atoms with Gasteiger partial charge < -0.3 is 0 Å². The summed E-state index contributed by atoms with van der Waals surface area (Å²) in [6, 6.07) is 8.22. The Morgan fingerprint density at radius 1 is 1.33 bits per heavy atom. The number of allylic oxidation sites excluding steroid dienone is 4. The predicted molar refractivity (Wildman–Crippen MR) is 111 cm³/mol. The first-order chi connectivity index (χ1) is 13.2. The monoisotopic (exact) mass is 378 g/mol. The van der Waals surface area contributed by atoms with Crippen molar-refractivity contribution in [2.75, 3.05) is 6.54 Å². The predicted octanol–water partition coefficient (Wildman–Crippen LogP) is 3.64.